The van der Waals surface area contributed by atoms with Crippen LogP contribution in [-0.4, -0.2) is 11.1 Å². The highest BCUT2D eigenvalue weighted by Crippen LogP contribution is 2.14. The van der Waals surface area contributed by atoms with Crippen molar-refractivity contribution in [3.05, 3.63) is 0 Å². The van der Waals surface area contributed by atoms with Crippen molar-refractivity contribution in [3.63, 3.8) is 0 Å². The van der Waals surface area contributed by atoms with Crippen LogP contribution in [-0.2, 0) is 4.79 Å². The number of rotatable bonds is 0. The van der Waals surface area contributed by atoms with E-state index in [1.165, 1.54) is 19.3 Å². The minimum atomic E-state index is -1.44. The van der Waals surface area contributed by atoms with Crippen LogP contribution in [0.5, 0.6) is 0 Å². The summed E-state index contributed by atoms with van der Waals surface area (Å²) in [4.78, 5) is 9.01. The predicted octanol–water partition coefficient (Wildman–Crippen LogP) is 0.765. The fraction of sp³-hybridized carbons (Fsp3) is 0.600. The van der Waals surface area contributed by atoms with Crippen molar-refractivity contribution < 1.29 is 9.90 Å². The van der Waals surface area contributed by atoms with Crippen molar-refractivity contribution in [2.24, 2.45) is 0 Å². The Morgan fingerprint density at radius 1 is 1.50 bits per heavy atom. The molecule has 0 aliphatic heterocycles. The molecule has 0 aromatic carbocycles. The van der Waals surface area contributed by atoms with Crippen molar-refractivity contribution in [3.8, 4) is 6.07 Å². The summed E-state index contributed by atoms with van der Waals surface area (Å²) in [6.07, 6.45) is 4.50. The standard InChI is InChI=1S/C3H6.C2HNO2/c1-2-3-1;3-1-2(4)5/h1-3H2;(H,4,5). The van der Waals surface area contributed by atoms with Gasteiger partial charge in [0.1, 0.15) is 0 Å². The summed E-state index contributed by atoms with van der Waals surface area (Å²) in [5, 5.41) is 14.7. The Morgan fingerprint density at radius 3 is 1.75 bits per heavy atom. The maximum absolute atomic E-state index is 9.01. The minimum absolute atomic E-state index is 0.944. The lowest BCUT2D eigenvalue weighted by Gasteiger charge is -1.56. The van der Waals surface area contributed by atoms with Crippen molar-refractivity contribution in [2.45, 2.75) is 19.3 Å². The highest BCUT2D eigenvalue weighted by Gasteiger charge is 1.95. The average molecular weight is 113 g/mol. The van der Waals surface area contributed by atoms with Gasteiger partial charge in [-0.05, 0) is 0 Å². The lowest BCUT2D eigenvalue weighted by atomic mass is 10.8. The summed E-state index contributed by atoms with van der Waals surface area (Å²) in [6, 6.07) is 0.944. The molecule has 0 radical (unpaired) electrons. The first-order valence-electron chi connectivity index (χ1n) is 2.40. The summed E-state index contributed by atoms with van der Waals surface area (Å²) in [5.74, 6) is -1.44. The molecule has 0 aromatic rings. The van der Waals surface area contributed by atoms with Gasteiger partial charge in [-0.15, -0.1) is 0 Å². The van der Waals surface area contributed by atoms with Crippen LogP contribution in [0.2, 0.25) is 0 Å². The molecule has 0 saturated heterocycles. The zero-order valence-electron chi connectivity index (χ0n) is 4.42. The van der Waals surface area contributed by atoms with Crippen LogP contribution >= 0.6 is 0 Å². The molecule has 1 aliphatic carbocycles. The molecular weight excluding hydrogens is 106 g/mol. The fourth-order valence-corrected chi connectivity index (χ4v) is 0. The van der Waals surface area contributed by atoms with E-state index < -0.39 is 5.97 Å². The van der Waals surface area contributed by atoms with Gasteiger partial charge in [0.05, 0.1) is 0 Å². The van der Waals surface area contributed by atoms with E-state index in [2.05, 4.69) is 0 Å². The Labute approximate surface area is 47.5 Å². The number of carboxylic acid groups (broad SMARTS) is 1. The number of nitriles is 1. The molecule has 0 unspecified atom stereocenters. The van der Waals surface area contributed by atoms with Crippen LogP contribution in [0.15, 0.2) is 0 Å². The summed E-state index contributed by atoms with van der Waals surface area (Å²) in [7, 11) is 0. The molecule has 3 heteroatoms. The van der Waals surface area contributed by atoms with E-state index in [0.717, 1.165) is 6.07 Å². The van der Waals surface area contributed by atoms with Gasteiger partial charge in [-0.1, -0.05) is 19.3 Å². The van der Waals surface area contributed by atoms with Crippen molar-refractivity contribution in [1.29, 1.82) is 5.26 Å². The normalized spacial score (nSPS) is 12.4. The van der Waals surface area contributed by atoms with Crippen molar-refractivity contribution >= 4 is 5.97 Å². The van der Waals surface area contributed by atoms with Crippen LogP contribution in [0.1, 0.15) is 19.3 Å². The first-order chi connectivity index (χ1) is 3.77. The van der Waals surface area contributed by atoms with E-state index in [-0.39, 0.29) is 0 Å². The molecule has 1 aliphatic rings. The number of carboxylic acids is 1. The quantitative estimate of drug-likeness (QED) is 0.372. The second kappa shape index (κ2) is 4.13. The molecule has 1 saturated carbocycles. The molecule has 44 valence electrons. The van der Waals surface area contributed by atoms with Gasteiger partial charge in [-0.25, -0.2) is 4.79 Å². The molecule has 0 amide bonds. The Bertz CT molecular complexity index is 109. The first-order valence-corrected chi connectivity index (χ1v) is 2.40. The molecular formula is C5H7NO2. The predicted molar refractivity (Wildman–Crippen MR) is 27.1 cm³/mol. The second-order valence-corrected chi connectivity index (χ2v) is 1.48. The van der Waals surface area contributed by atoms with Gasteiger partial charge in [-0.3, -0.25) is 0 Å². The smallest absolute Gasteiger partial charge is 0.408 e. The van der Waals surface area contributed by atoms with Gasteiger partial charge in [0.25, 0.3) is 0 Å². The third-order valence-corrected chi connectivity index (χ3v) is 0.449. The van der Waals surface area contributed by atoms with E-state index in [0.29, 0.717) is 0 Å². The highest BCUT2D eigenvalue weighted by atomic mass is 16.4. The zero-order valence-corrected chi connectivity index (χ0v) is 4.42. The molecule has 0 bridgehead atoms. The molecule has 1 rings (SSSR count). The maximum Gasteiger partial charge on any atom is 0.408 e. The van der Waals surface area contributed by atoms with E-state index in [4.69, 9.17) is 15.2 Å². The van der Waals surface area contributed by atoms with Gasteiger partial charge >= 0.3 is 5.97 Å². The monoisotopic (exact) mass is 113 g/mol. The number of hydrogen-bond acceptors (Lipinski definition) is 2. The summed E-state index contributed by atoms with van der Waals surface area (Å²) < 4.78 is 0. The van der Waals surface area contributed by atoms with Crippen molar-refractivity contribution in [1.82, 2.24) is 0 Å². The minimum Gasteiger partial charge on any atom is -0.470 e. The Hall–Kier alpha value is -1.04. The van der Waals surface area contributed by atoms with E-state index >= 15 is 0 Å². The van der Waals surface area contributed by atoms with Crippen LogP contribution in [0, 0.1) is 11.3 Å². The largest absolute Gasteiger partial charge is 0.470 e. The lowest BCUT2D eigenvalue weighted by Crippen LogP contribution is -1.83. The van der Waals surface area contributed by atoms with E-state index in [1.54, 1.807) is 0 Å². The van der Waals surface area contributed by atoms with Crippen LogP contribution in [0.4, 0.5) is 0 Å². The summed E-state index contributed by atoms with van der Waals surface area (Å²) in [6.45, 7) is 0. The van der Waals surface area contributed by atoms with Gasteiger partial charge in [-0.2, -0.15) is 5.26 Å². The molecule has 0 spiro atoms. The number of hydrogen-bond donors (Lipinski definition) is 1. The SMILES string of the molecule is C1CC1.N#CC(=O)O. The molecule has 0 aromatic heterocycles. The van der Waals surface area contributed by atoms with Crippen LogP contribution in [0.3, 0.4) is 0 Å². The van der Waals surface area contributed by atoms with Crippen molar-refractivity contribution in [2.75, 3.05) is 0 Å². The molecule has 8 heavy (non-hydrogen) atoms. The average Bonchev–Trinajstić information content (AvgIpc) is 2.48. The third kappa shape index (κ3) is 20.2. The molecule has 1 N–H and O–H groups in total. The second-order valence-electron chi connectivity index (χ2n) is 1.48. The van der Waals surface area contributed by atoms with Crippen LogP contribution in [0.25, 0.3) is 0 Å². The molecule has 3 nitrogen and oxygen atoms in total. The first kappa shape index (κ1) is 6.96. The topological polar surface area (TPSA) is 61.1 Å². The molecule has 1 fully saturated rings. The van der Waals surface area contributed by atoms with E-state index in [1.807, 2.05) is 0 Å². The van der Waals surface area contributed by atoms with Crippen LogP contribution < -0.4 is 0 Å². The summed E-state index contributed by atoms with van der Waals surface area (Å²) in [5.41, 5.74) is 0. The van der Waals surface area contributed by atoms with Gasteiger partial charge in [0.15, 0.2) is 6.07 Å². The number of aliphatic carboxylic acids is 1. The Balaban J connectivity index is 0.000000135. The lowest BCUT2D eigenvalue weighted by molar-refractivity contribution is -0.130. The third-order valence-electron chi connectivity index (χ3n) is 0.449. The summed E-state index contributed by atoms with van der Waals surface area (Å²) >= 11 is 0. The van der Waals surface area contributed by atoms with Gasteiger partial charge in [0, 0.05) is 0 Å². The Morgan fingerprint density at radius 2 is 1.75 bits per heavy atom. The zero-order chi connectivity index (χ0) is 6.41. The molecule has 0 heterocycles. The van der Waals surface area contributed by atoms with Gasteiger partial charge in [0.2, 0.25) is 0 Å². The maximum atomic E-state index is 9.01. The fourth-order valence-electron chi connectivity index (χ4n) is 0. The van der Waals surface area contributed by atoms with E-state index in [9.17, 15) is 0 Å². The Kier molecular flexibility index (Phi) is 3.59. The number of nitrogens with zero attached hydrogens (tertiary/aromatic N) is 1. The highest BCUT2D eigenvalue weighted by molar-refractivity contribution is 5.83. The van der Waals surface area contributed by atoms with Gasteiger partial charge < -0.3 is 5.11 Å². The number of carbonyl (C=O) groups is 1. The molecule has 0 atom stereocenters.